The summed E-state index contributed by atoms with van der Waals surface area (Å²) in [6.07, 6.45) is 0. The smallest absolute Gasteiger partial charge is 0.194 e. The number of nitrogens with zero attached hydrogens (tertiary/aromatic N) is 4. The quantitative estimate of drug-likeness (QED) is 0.532. The lowest BCUT2D eigenvalue weighted by atomic mass is 10.0. The Balaban J connectivity index is 1.79. The van der Waals surface area contributed by atoms with Gasteiger partial charge in [0.05, 0.1) is 43.0 Å². The molecule has 0 radical (unpaired) electrons. The molecule has 8 heteroatoms. The van der Waals surface area contributed by atoms with Crippen molar-refractivity contribution in [3.8, 4) is 0 Å². The van der Waals surface area contributed by atoms with Crippen molar-refractivity contribution >= 4 is 28.9 Å². The molecule has 0 saturated carbocycles. The van der Waals surface area contributed by atoms with Crippen LogP contribution in [0.1, 0.15) is 29.2 Å². The molecule has 1 saturated heterocycles. The second kappa shape index (κ2) is 10.9. The first kappa shape index (κ1) is 22.0. The number of ether oxygens (including phenoxy) is 1. The van der Waals surface area contributed by atoms with Crippen LogP contribution in [0.2, 0.25) is 5.02 Å². The minimum absolute atomic E-state index is 0.121. The first-order chi connectivity index (χ1) is 14.1. The molecule has 2 aromatic rings. The van der Waals surface area contributed by atoms with Gasteiger partial charge in [-0.05, 0) is 25.5 Å². The SMILES string of the molecule is CCNC(=NCC(c1ccccc1Cl)N1CCOCC1)N(C)Cc1csc(C)n1. The molecule has 0 aliphatic carbocycles. The van der Waals surface area contributed by atoms with Gasteiger partial charge in [-0.2, -0.15) is 0 Å². The maximum absolute atomic E-state index is 6.55. The molecule has 1 aliphatic rings. The predicted molar refractivity (Wildman–Crippen MR) is 121 cm³/mol. The Hall–Kier alpha value is -1.67. The molecule has 1 atom stereocenters. The minimum Gasteiger partial charge on any atom is -0.379 e. The summed E-state index contributed by atoms with van der Waals surface area (Å²) in [6, 6.07) is 8.19. The maximum atomic E-state index is 6.55. The number of aryl methyl sites for hydroxylation is 1. The summed E-state index contributed by atoms with van der Waals surface area (Å²) in [4.78, 5) is 14.1. The van der Waals surface area contributed by atoms with E-state index < -0.39 is 0 Å². The van der Waals surface area contributed by atoms with Gasteiger partial charge in [0.1, 0.15) is 0 Å². The molecule has 0 spiro atoms. The molecule has 1 aromatic heterocycles. The highest BCUT2D eigenvalue weighted by Gasteiger charge is 2.24. The Kier molecular flexibility index (Phi) is 8.29. The van der Waals surface area contributed by atoms with Gasteiger partial charge in [-0.1, -0.05) is 29.8 Å². The van der Waals surface area contributed by atoms with Gasteiger partial charge >= 0.3 is 0 Å². The zero-order chi connectivity index (χ0) is 20.6. The Morgan fingerprint density at radius 1 is 1.38 bits per heavy atom. The van der Waals surface area contributed by atoms with Crippen molar-refractivity contribution in [1.82, 2.24) is 20.1 Å². The van der Waals surface area contributed by atoms with Crippen LogP contribution in [0.3, 0.4) is 0 Å². The lowest BCUT2D eigenvalue weighted by Crippen LogP contribution is -2.42. The molecule has 158 valence electrons. The summed E-state index contributed by atoms with van der Waals surface area (Å²) >= 11 is 8.22. The lowest BCUT2D eigenvalue weighted by molar-refractivity contribution is 0.0179. The van der Waals surface area contributed by atoms with E-state index in [1.807, 2.05) is 25.1 Å². The van der Waals surface area contributed by atoms with E-state index in [-0.39, 0.29) is 6.04 Å². The van der Waals surface area contributed by atoms with E-state index in [0.717, 1.165) is 66.6 Å². The molecular weight excluding hydrogens is 406 g/mol. The zero-order valence-electron chi connectivity index (χ0n) is 17.4. The number of morpholine rings is 1. The van der Waals surface area contributed by atoms with Crippen LogP contribution in [0, 0.1) is 6.92 Å². The van der Waals surface area contributed by atoms with Crippen LogP contribution in [-0.2, 0) is 11.3 Å². The molecule has 0 amide bonds. The van der Waals surface area contributed by atoms with Crippen molar-refractivity contribution in [2.24, 2.45) is 4.99 Å². The van der Waals surface area contributed by atoms with Crippen LogP contribution in [-0.4, -0.2) is 67.2 Å². The van der Waals surface area contributed by atoms with E-state index in [9.17, 15) is 0 Å². The molecule has 1 N–H and O–H groups in total. The normalized spacial score (nSPS) is 16.6. The van der Waals surface area contributed by atoms with Crippen LogP contribution >= 0.6 is 22.9 Å². The fraction of sp³-hybridized carbons (Fsp3) is 0.524. The predicted octanol–water partition coefficient (Wildman–Crippen LogP) is 3.58. The number of aromatic nitrogens is 1. The zero-order valence-corrected chi connectivity index (χ0v) is 19.0. The van der Waals surface area contributed by atoms with Crippen molar-refractivity contribution in [3.05, 3.63) is 50.9 Å². The van der Waals surface area contributed by atoms with Gasteiger partial charge in [0, 0.05) is 37.1 Å². The van der Waals surface area contributed by atoms with E-state index in [2.05, 4.69) is 45.5 Å². The van der Waals surface area contributed by atoms with Crippen molar-refractivity contribution in [2.75, 3.05) is 46.4 Å². The van der Waals surface area contributed by atoms with E-state index in [4.69, 9.17) is 21.3 Å². The Morgan fingerprint density at radius 3 is 2.79 bits per heavy atom. The van der Waals surface area contributed by atoms with Crippen LogP contribution in [0.4, 0.5) is 0 Å². The number of hydrogen-bond acceptors (Lipinski definition) is 5. The van der Waals surface area contributed by atoms with Crippen molar-refractivity contribution in [2.45, 2.75) is 26.4 Å². The largest absolute Gasteiger partial charge is 0.379 e. The first-order valence-corrected chi connectivity index (χ1v) is 11.3. The average Bonchev–Trinajstić information content (AvgIpc) is 3.13. The number of nitrogens with one attached hydrogen (secondary N) is 1. The molecule has 1 unspecified atom stereocenters. The number of thiazole rings is 1. The fourth-order valence-electron chi connectivity index (χ4n) is 3.49. The highest BCUT2D eigenvalue weighted by atomic mass is 35.5. The number of aliphatic imine (C=N–C) groups is 1. The molecule has 0 bridgehead atoms. The number of hydrogen-bond donors (Lipinski definition) is 1. The van der Waals surface area contributed by atoms with Crippen LogP contribution in [0.25, 0.3) is 0 Å². The molecule has 6 nitrogen and oxygen atoms in total. The van der Waals surface area contributed by atoms with Crippen molar-refractivity contribution in [1.29, 1.82) is 0 Å². The van der Waals surface area contributed by atoms with Gasteiger partial charge in [0.2, 0.25) is 0 Å². The van der Waals surface area contributed by atoms with Gasteiger partial charge in [-0.15, -0.1) is 11.3 Å². The molecule has 29 heavy (non-hydrogen) atoms. The summed E-state index contributed by atoms with van der Waals surface area (Å²) in [5.41, 5.74) is 2.19. The van der Waals surface area contributed by atoms with Gasteiger partial charge in [0.25, 0.3) is 0 Å². The second-order valence-corrected chi connectivity index (χ2v) is 8.56. The third kappa shape index (κ3) is 6.15. The van der Waals surface area contributed by atoms with E-state index in [1.54, 1.807) is 11.3 Å². The van der Waals surface area contributed by atoms with E-state index >= 15 is 0 Å². The number of rotatable bonds is 7. The van der Waals surface area contributed by atoms with Crippen LogP contribution in [0.15, 0.2) is 34.6 Å². The number of benzene rings is 1. The van der Waals surface area contributed by atoms with Crippen molar-refractivity contribution in [3.63, 3.8) is 0 Å². The van der Waals surface area contributed by atoms with Gasteiger partial charge < -0.3 is 15.0 Å². The number of guanidine groups is 1. The summed E-state index contributed by atoms with van der Waals surface area (Å²) in [5, 5.41) is 7.39. The Bertz CT molecular complexity index is 806. The summed E-state index contributed by atoms with van der Waals surface area (Å²) in [5.74, 6) is 0.878. The van der Waals surface area contributed by atoms with Crippen LogP contribution < -0.4 is 5.32 Å². The van der Waals surface area contributed by atoms with Gasteiger partial charge in [-0.3, -0.25) is 9.89 Å². The summed E-state index contributed by atoms with van der Waals surface area (Å²) in [7, 11) is 2.05. The molecule has 1 aliphatic heterocycles. The monoisotopic (exact) mass is 435 g/mol. The van der Waals surface area contributed by atoms with E-state index in [1.165, 1.54) is 0 Å². The molecule has 1 fully saturated rings. The second-order valence-electron chi connectivity index (χ2n) is 7.09. The Labute approximate surface area is 182 Å². The molecule has 3 rings (SSSR count). The minimum atomic E-state index is 0.121. The molecule has 2 heterocycles. The third-order valence-electron chi connectivity index (χ3n) is 4.93. The first-order valence-electron chi connectivity index (χ1n) is 10.0. The van der Waals surface area contributed by atoms with E-state index in [0.29, 0.717) is 6.54 Å². The summed E-state index contributed by atoms with van der Waals surface area (Å²) < 4.78 is 5.55. The average molecular weight is 436 g/mol. The molecule has 1 aromatic carbocycles. The Morgan fingerprint density at radius 2 is 2.14 bits per heavy atom. The standard InChI is InChI=1S/C21H30ClN5OS/c1-4-23-21(26(3)14-17-15-29-16(2)25-17)24-13-20(27-9-11-28-12-10-27)18-7-5-6-8-19(18)22/h5-8,15,20H,4,9-14H2,1-3H3,(H,23,24). The summed E-state index contributed by atoms with van der Waals surface area (Å²) in [6.45, 7) is 9.55. The van der Waals surface area contributed by atoms with Gasteiger partial charge in [0.15, 0.2) is 5.96 Å². The van der Waals surface area contributed by atoms with Crippen molar-refractivity contribution < 1.29 is 4.74 Å². The van der Waals surface area contributed by atoms with Gasteiger partial charge in [-0.25, -0.2) is 4.98 Å². The number of halogens is 1. The van der Waals surface area contributed by atoms with Crippen LogP contribution in [0.5, 0.6) is 0 Å². The fourth-order valence-corrected chi connectivity index (χ4v) is 4.35. The highest BCUT2D eigenvalue weighted by Crippen LogP contribution is 2.28. The maximum Gasteiger partial charge on any atom is 0.194 e. The topological polar surface area (TPSA) is 53.0 Å². The highest BCUT2D eigenvalue weighted by molar-refractivity contribution is 7.09. The third-order valence-corrected chi connectivity index (χ3v) is 6.09. The molecular formula is C21H30ClN5OS. The lowest BCUT2D eigenvalue weighted by Gasteiger charge is -2.34.